The van der Waals surface area contributed by atoms with E-state index in [-0.39, 0.29) is 6.10 Å². The van der Waals surface area contributed by atoms with Gasteiger partial charge in [0.1, 0.15) is 5.82 Å². The van der Waals surface area contributed by atoms with Crippen molar-refractivity contribution >= 4 is 21.7 Å². The van der Waals surface area contributed by atoms with Gasteiger partial charge in [-0.1, -0.05) is 13.8 Å². The van der Waals surface area contributed by atoms with Crippen LogP contribution in [0, 0.1) is 5.92 Å². The summed E-state index contributed by atoms with van der Waals surface area (Å²) in [6.45, 7) is 7.38. The molecule has 6 heteroatoms. The van der Waals surface area contributed by atoms with E-state index in [1.807, 2.05) is 0 Å². The monoisotopic (exact) mass is 359 g/mol. The fourth-order valence-electron chi connectivity index (χ4n) is 1.88. The molecule has 1 unspecified atom stereocenters. The van der Waals surface area contributed by atoms with Gasteiger partial charge < -0.3 is 20.1 Å². The zero-order valence-electron chi connectivity index (χ0n) is 13.3. The molecule has 0 fully saturated rings. The van der Waals surface area contributed by atoms with Gasteiger partial charge in [-0.05, 0) is 34.5 Å². The highest BCUT2D eigenvalue weighted by Crippen LogP contribution is 2.18. The zero-order valence-corrected chi connectivity index (χ0v) is 14.9. The standard InChI is InChI=1S/C15H26BrN3O2/c1-11(2)6-17-7-12-5-13(16)8-18-15(12)19-9-14(21-4)10-20-3/h5,8,11,14,17H,6-7,9-10H2,1-4H3,(H,18,19). The maximum atomic E-state index is 5.35. The van der Waals surface area contributed by atoms with Gasteiger partial charge >= 0.3 is 0 Å². The second-order valence-corrected chi connectivity index (χ2v) is 6.30. The van der Waals surface area contributed by atoms with Crippen molar-refractivity contribution in [3.8, 4) is 0 Å². The van der Waals surface area contributed by atoms with Gasteiger partial charge in [-0.25, -0.2) is 4.98 Å². The third-order valence-electron chi connectivity index (χ3n) is 2.98. The van der Waals surface area contributed by atoms with Crippen LogP contribution in [0.3, 0.4) is 0 Å². The molecule has 0 radical (unpaired) electrons. The molecule has 2 N–H and O–H groups in total. The number of aromatic nitrogens is 1. The van der Waals surface area contributed by atoms with Gasteiger partial charge in [0.05, 0.1) is 12.7 Å². The Morgan fingerprint density at radius 3 is 2.67 bits per heavy atom. The smallest absolute Gasteiger partial charge is 0.130 e. The predicted molar refractivity (Wildman–Crippen MR) is 89.6 cm³/mol. The average Bonchev–Trinajstić information content (AvgIpc) is 2.44. The van der Waals surface area contributed by atoms with Crippen molar-refractivity contribution in [1.82, 2.24) is 10.3 Å². The van der Waals surface area contributed by atoms with E-state index in [1.54, 1.807) is 20.4 Å². The zero-order chi connectivity index (χ0) is 15.7. The molecule has 0 saturated heterocycles. The second-order valence-electron chi connectivity index (χ2n) is 5.38. The Hall–Kier alpha value is -0.690. The van der Waals surface area contributed by atoms with E-state index >= 15 is 0 Å². The lowest BCUT2D eigenvalue weighted by Crippen LogP contribution is -2.27. The van der Waals surface area contributed by atoms with Crippen molar-refractivity contribution in [2.75, 3.05) is 39.2 Å². The fourth-order valence-corrected chi connectivity index (χ4v) is 2.26. The maximum Gasteiger partial charge on any atom is 0.130 e. The van der Waals surface area contributed by atoms with Crippen molar-refractivity contribution in [2.45, 2.75) is 26.5 Å². The van der Waals surface area contributed by atoms with Crippen LogP contribution in [0.1, 0.15) is 19.4 Å². The summed E-state index contributed by atoms with van der Waals surface area (Å²) in [5, 5.41) is 6.78. The number of rotatable bonds is 10. The van der Waals surface area contributed by atoms with Crippen LogP contribution in [0.4, 0.5) is 5.82 Å². The minimum atomic E-state index is 0.0110. The Morgan fingerprint density at radius 1 is 1.29 bits per heavy atom. The van der Waals surface area contributed by atoms with Crippen molar-refractivity contribution in [3.05, 3.63) is 22.3 Å². The van der Waals surface area contributed by atoms with Crippen molar-refractivity contribution < 1.29 is 9.47 Å². The molecule has 0 aliphatic heterocycles. The summed E-state index contributed by atoms with van der Waals surface area (Å²) in [4.78, 5) is 4.45. The van der Waals surface area contributed by atoms with Crippen LogP contribution in [0.5, 0.6) is 0 Å². The average molecular weight is 360 g/mol. The number of hydrogen-bond donors (Lipinski definition) is 2. The molecule has 1 atom stereocenters. The molecule has 0 aromatic carbocycles. The first-order chi connectivity index (χ1) is 10.1. The van der Waals surface area contributed by atoms with Crippen molar-refractivity contribution in [3.63, 3.8) is 0 Å². The Balaban J connectivity index is 2.63. The normalized spacial score (nSPS) is 12.7. The minimum Gasteiger partial charge on any atom is -0.382 e. The molecule has 120 valence electrons. The van der Waals surface area contributed by atoms with E-state index in [9.17, 15) is 0 Å². The molecule has 21 heavy (non-hydrogen) atoms. The van der Waals surface area contributed by atoms with Gasteiger partial charge in [-0.15, -0.1) is 0 Å². The first-order valence-corrected chi connectivity index (χ1v) is 7.96. The van der Waals surface area contributed by atoms with Crippen LogP contribution in [-0.4, -0.2) is 45.0 Å². The summed E-state index contributed by atoms with van der Waals surface area (Å²) >= 11 is 3.47. The number of methoxy groups -OCH3 is 2. The van der Waals surface area contributed by atoms with E-state index in [4.69, 9.17) is 9.47 Å². The molecular formula is C15H26BrN3O2. The maximum absolute atomic E-state index is 5.35. The fraction of sp³-hybridized carbons (Fsp3) is 0.667. The van der Waals surface area contributed by atoms with Gasteiger partial charge in [-0.2, -0.15) is 0 Å². The van der Waals surface area contributed by atoms with Crippen molar-refractivity contribution in [2.24, 2.45) is 5.92 Å². The highest BCUT2D eigenvalue weighted by atomic mass is 79.9. The van der Waals surface area contributed by atoms with Gasteiger partial charge in [0, 0.05) is 43.5 Å². The summed E-state index contributed by atoms with van der Waals surface area (Å²) < 4.78 is 11.4. The summed E-state index contributed by atoms with van der Waals surface area (Å²) in [6.07, 6.45) is 1.81. The third-order valence-corrected chi connectivity index (χ3v) is 3.42. The lowest BCUT2D eigenvalue weighted by Gasteiger charge is -2.17. The van der Waals surface area contributed by atoms with Crippen LogP contribution in [0.2, 0.25) is 0 Å². The molecular weight excluding hydrogens is 334 g/mol. The van der Waals surface area contributed by atoms with E-state index in [2.05, 4.69) is 51.5 Å². The van der Waals surface area contributed by atoms with E-state index in [0.29, 0.717) is 19.1 Å². The predicted octanol–water partition coefficient (Wildman–Crippen LogP) is 2.66. The molecule has 1 aromatic heterocycles. The number of ether oxygens (including phenoxy) is 2. The van der Waals surface area contributed by atoms with Gasteiger partial charge in [0.15, 0.2) is 0 Å². The Morgan fingerprint density at radius 2 is 2.05 bits per heavy atom. The Bertz CT molecular complexity index is 416. The number of anilines is 1. The van der Waals surface area contributed by atoms with Gasteiger partial charge in [-0.3, -0.25) is 0 Å². The van der Waals surface area contributed by atoms with E-state index in [0.717, 1.165) is 28.9 Å². The molecule has 1 heterocycles. The molecule has 0 bridgehead atoms. The van der Waals surface area contributed by atoms with Crippen LogP contribution in [-0.2, 0) is 16.0 Å². The number of halogens is 1. The Kier molecular flexibility index (Phi) is 8.84. The Labute approximate surface area is 135 Å². The summed E-state index contributed by atoms with van der Waals surface area (Å²) in [5.74, 6) is 1.51. The molecule has 0 saturated carbocycles. The summed E-state index contributed by atoms with van der Waals surface area (Å²) in [7, 11) is 3.36. The molecule has 1 rings (SSSR count). The van der Waals surface area contributed by atoms with Crippen LogP contribution < -0.4 is 10.6 Å². The number of hydrogen-bond acceptors (Lipinski definition) is 5. The number of nitrogens with one attached hydrogen (secondary N) is 2. The largest absolute Gasteiger partial charge is 0.382 e. The third kappa shape index (κ3) is 7.22. The number of pyridine rings is 1. The molecule has 5 nitrogen and oxygen atoms in total. The van der Waals surface area contributed by atoms with Crippen molar-refractivity contribution in [1.29, 1.82) is 0 Å². The summed E-state index contributed by atoms with van der Waals surface area (Å²) in [6, 6.07) is 2.08. The topological polar surface area (TPSA) is 55.4 Å². The molecule has 0 aliphatic carbocycles. The van der Waals surface area contributed by atoms with Crippen LogP contribution >= 0.6 is 15.9 Å². The second kappa shape index (κ2) is 10.1. The number of nitrogens with zero attached hydrogens (tertiary/aromatic N) is 1. The first-order valence-electron chi connectivity index (χ1n) is 7.17. The highest BCUT2D eigenvalue weighted by molar-refractivity contribution is 9.10. The SMILES string of the molecule is COCC(CNc1ncc(Br)cc1CNCC(C)C)OC. The quantitative estimate of drug-likeness (QED) is 0.672. The molecule has 0 aliphatic rings. The van der Waals surface area contributed by atoms with Crippen LogP contribution in [0.25, 0.3) is 0 Å². The minimum absolute atomic E-state index is 0.0110. The summed E-state index contributed by atoms with van der Waals surface area (Å²) in [5.41, 5.74) is 1.14. The molecule has 1 aromatic rings. The molecule has 0 spiro atoms. The lowest BCUT2D eigenvalue weighted by molar-refractivity contribution is 0.0365. The lowest BCUT2D eigenvalue weighted by atomic mass is 10.2. The van der Waals surface area contributed by atoms with E-state index in [1.165, 1.54) is 0 Å². The van der Waals surface area contributed by atoms with Gasteiger partial charge in [0.2, 0.25) is 0 Å². The highest BCUT2D eigenvalue weighted by Gasteiger charge is 2.10. The van der Waals surface area contributed by atoms with Gasteiger partial charge in [0.25, 0.3) is 0 Å². The van der Waals surface area contributed by atoms with Crippen LogP contribution in [0.15, 0.2) is 16.7 Å². The van der Waals surface area contributed by atoms with E-state index < -0.39 is 0 Å². The first kappa shape index (κ1) is 18.4. The molecule has 0 amide bonds.